The van der Waals surface area contributed by atoms with Gasteiger partial charge in [-0.3, -0.25) is 0 Å². The molecule has 0 heterocycles. The van der Waals surface area contributed by atoms with Crippen LogP contribution in [0.1, 0.15) is 17.3 Å². The maximum atomic E-state index is 11.0. The highest BCUT2D eigenvalue weighted by atomic mass is 16.5. The van der Waals surface area contributed by atoms with Crippen LogP contribution in [0.25, 0.3) is 0 Å². The number of benzene rings is 1. The van der Waals surface area contributed by atoms with E-state index >= 15 is 0 Å². The minimum atomic E-state index is -0.958. The van der Waals surface area contributed by atoms with Crippen molar-refractivity contribution in [1.29, 1.82) is 0 Å². The van der Waals surface area contributed by atoms with Gasteiger partial charge in [0.05, 0.1) is 6.61 Å². The standard InChI is InChI=1S/C13H19NO3/c1-10(8-14(2)3)9-17-12-7-5-4-6-11(12)13(15)16/h4-7,10H,8-9H2,1-3H3,(H,15,16). The average molecular weight is 237 g/mol. The summed E-state index contributed by atoms with van der Waals surface area (Å²) in [5, 5.41) is 8.99. The first-order valence-electron chi connectivity index (χ1n) is 5.60. The summed E-state index contributed by atoms with van der Waals surface area (Å²) in [5.74, 6) is -0.168. The van der Waals surface area contributed by atoms with E-state index in [1.807, 2.05) is 14.1 Å². The summed E-state index contributed by atoms with van der Waals surface area (Å²) in [4.78, 5) is 13.0. The zero-order valence-electron chi connectivity index (χ0n) is 10.5. The van der Waals surface area contributed by atoms with E-state index in [4.69, 9.17) is 9.84 Å². The molecule has 0 amide bonds. The Kier molecular flexibility index (Phi) is 4.97. The van der Waals surface area contributed by atoms with E-state index in [2.05, 4.69) is 11.8 Å². The quantitative estimate of drug-likeness (QED) is 0.821. The van der Waals surface area contributed by atoms with Crippen LogP contribution >= 0.6 is 0 Å². The Bertz CT molecular complexity index is 377. The van der Waals surface area contributed by atoms with Crippen molar-refractivity contribution in [2.75, 3.05) is 27.2 Å². The van der Waals surface area contributed by atoms with E-state index < -0.39 is 5.97 Å². The summed E-state index contributed by atoms with van der Waals surface area (Å²) in [7, 11) is 4.00. The van der Waals surface area contributed by atoms with Crippen molar-refractivity contribution in [3.05, 3.63) is 29.8 Å². The number of aromatic carboxylic acids is 1. The second-order valence-corrected chi connectivity index (χ2v) is 4.48. The van der Waals surface area contributed by atoms with Gasteiger partial charge in [-0.1, -0.05) is 19.1 Å². The third-order valence-electron chi connectivity index (χ3n) is 2.32. The van der Waals surface area contributed by atoms with Gasteiger partial charge in [-0.2, -0.15) is 0 Å². The van der Waals surface area contributed by atoms with Gasteiger partial charge in [-0.25, -0.2) is 4.79 Å². The molecule has 0 saturated heterocycles. The molecular formula is C13H19NO3. The summed E-state index contributed by atoms with van der Waals surface area (Å²) in [6, 6.07) is 6.71. The van der Waals surface area contributed by atoms with Crippen molar-refractivity contribution >= 4 is 5.97 Å². The lowest BCUT2D eigenvalue weighted by Crippen LogP contribution is -2.24. The first-order chi connectivity index (χ1) is 8.00. The molecule has 0 fully saturated rings. The molecular weight excluding hydrogens is 218 g/mol. The third-order valence-corrected chi connectivity index (χ3v) is 2.32. The van der Waals surface area contributed by atoms with Gasteiger partial charge in [-0.05, 0) is 26.2 Å². The molecule has 1 unspecified atom stereocenters. The Labute approximate surface area is 102 Å². The SMILES string of the molecule is CC(COc1ccccc1C(=O)O)CN(C)C. The second kappa shape index (κ2) is 6.25. The van der Waals surface area contributed by atoms with Crippen LogP contribution in [-0.2, 0) is 0 Å². The van der Waals surface area contributed by atoms with E-state index in [1.165, 1.54) is 0 Å². The maximum absolute atomic E-state index is 11.0. The molecule has 94 valence electrons. The van der Waals surface area contributed by atoms with Crippen LogP contribution < -0.4 is 4.74 Å². The molecule has 0 saturated carbocycles. The van der Waals surface area contributed by atoms with E-state index in [9.17, 15) is 4.79 Å². The molecule has 17 heavy (non-hydrogen) atoms. The van der Waals surface area contributed by atoms with Gasteiger partial charge in [0.1, 0.15) is 11.3 Å². The van der Waals surface area contributed by atoms with Crippen LogP contribution in [0.5, 0.6) is 5.75 Å². The summed E-state index contributed by atoms with van der Waals surface area (Å²) < 4.78 is 5.55. The van der Waals surface area contributed by atoms with E-state index in [-0.39, 0.29) is 5.56 Å². The van der Waals surface area contributed by atoms with E-state index in [1.54, 1.807) is 24.3 Å². The Balaban J connectivity index is 2.60. The van der Waals surface area contributed by atoms with Gasteiger partial charge in [0.25, 0.3) is 0 Å². The van der Waals surface area contributed by atoms with Crippen molar-refractivity contribution in [3.63, 3.8) is 0 Å². The number of hydrogen-bond donors (Lipinski definition) is 1. The zero-order chi connectivity index (χ0) is 12.8. The number of para-hydroxylation sites is 1. The Hall–Kier alpha value is -1.55. The second-order valence-electron chi connectivity index (χ2n) is 4.48. The lowest BCUT2D eigenvalue weighted by Gasteiger charge is -2.18. The predicted octanol–water partition coefficient (Wildman–Crippen LogP) is 1.96. The maximum Gasteiger partial charge on any atom is 0.339 e. The molecule has 0 aliphatic carbocycles. The molecule has 1 atom stereocenters. The van der Waals surface area contributed by atoms with Crippen LogP contribution in [-0.4, -0.2) is 43.2 Å². The molecule has 0 aliphatic rings. The van der Waals surface area contributed by atoms with Crippen molar-refractivity contribution in [2.24, 2.45) is 5.92 Å². The van der Waals surface area contributed by atoms with Gasteiger partial charge >= 0.3 is 5.97 Å². The smallest absolute Gasteiger partial charge is 0.339 e. The number of nitrogens with zero attached hydrogens (tertiary/aromatic N) is 1. The summed E-state index contributed by atoms with van der Waals surface area (Å²) >= 11 is 0. The van der Waals surface area contributed by atoms with Gasteiger partial charge < -0.3 is 14.7 Å². The predicted molar refractivity (Wildman–Crippen MR) is 66.6 cm³/mol. The van der Waals surface area contributed by atoms with E-state index in [0.29, 0.717) is 18.3 Å². The van der Waals surface area contributed by atoms with Gasteiger partial charge in [0, 0.05) is 12.5 Å². The van der Waals surface area contributed by atoms with Crippen LogP contribution in [0.2, 0.25) is 0 Å². The molecule has 1 aromatic carbocycles. The van der Waals surface area contributed by atoms with Gasteiger partial charge in [-0.15, -0.1) is 0 Å². The van der Waals surface area contributed by atoms with Crippen LogP contribution in [0.3, 0.4) is 0 Å². The van der Waals surface area contributed by atoms with Crippen LogP contribution in [0.4, 0.5) is 0 Å². The monoisotopic (exact) mass is 237 g/mol. The first kappa shape index (κ1) is 13.5. The molecule has 0 spiro atoms. The Morgan fingerprint density at radius 2 is 2.06 bits per heavy atom. The first-order valence-corrected chi connectivity index (χ1v) is 5.60. The number of rotatable bonds is 6. The molecule has 1 N–H and O–H groups in total. The van der Waals surface area contributed by atoms with Crippen molar-refractivity contribution in [2.45, 2.75) is 6.92 Å². The zero-order valence-corrected chi connectivity index (χ0v) is 10.5. The average Bonchev–Trinajstić information content (AvgIpc) is 2.25. The molecule has 1 aromatic rings. The highest BCUT2D eigenvalue weighted by Crippen LogP contribution is 2.18. The van der Waals surface area contributed by atoms with Crippen LogP contribution in [0.15, 0.2) is 24.3 Å². The molecule has 0 bridgehead atoms. The summed E-state index contributed by atoms with van der Waals surface area (Å²) in [6.45, 7) is 3.50. The Morgan fingerprint density at radius 3 is 2.65 bits per heavy atom. The normalized spacial score (nSPS) is 12.5. The molecule has 0 radical (unpaired) electrons. The highest BCUT2D eigenvalue weighted by Gasteiger charge is 2.11. The summed E-state index contributed by atoms with van der Waals surface area (Å²) in [6.07, 6.45) is 0. The van der Waals surface area contributed by atoms with Crippen LogP contribution in [0, 0.1) is 5.92 Å². The van der Waals surface area contributed by atoms with Gasteiger partial charge in [0.2, 0.25) is 0 Å². The molecule has 4 heteroatoms. The van der Waals surface area contributed by atoms with Crippen molar-refractivity contribution in [3.8, 4) is 5.75 Å². The Morgan fingerprint density at radius 1 is 1.41 bits per heavy atom. The number of carboxylic acid groups (broad SMARTS) is 1. The largest absolute Gasteiger partial charge is 0.492 e. The minimum absolute atomic E-state index is 0.213. The highest BCUT2D eigenvalue weighted by molar-refractivity contribution is 5.90. The number of carbonyl (C=O) groups is 1. The molecule has 1 rings (SSSR count). The molecule has 4 nitrogen and oxygen atoms in total. The fraction of sp³-hybridized carbons (Fsp3) is 0.462. The summed E-state index contributed by atoms with van der Waals surface area (Å²) in [5.41, 5.74) is 0.213. The lowest BCUT2D eigenvalue weighted by molar-refractivity contribution is 0.0691. The minimum Gasteiger partial charge on any atom is -0.492 e. The van der Waals surface area contributed by atoms with Crippen molar-refractivity contribution in [1.82, 2.24) is 4.90 Å². The number of hydrogen-bond acceptors (Lipinski definition) is 3. The third kappa shape index (κ3) is 4.44. The van der Waals surface area contributed by atoms with Gasteiger partial charge in [0.15, 0.2) is 0 Å². The molecule has 0 aromatic heterocycles. The number of ether oxygens (including phenoxy) is 1. The fourth-order valence-electron chi connectivity index (χ4n) is 1.68. The topological polar surface area (TPSA) is 49.8 Å². The fourth-order valence-corrected chi connectivity index (χ4v) is 1.68. The van der Waals surface area contributed by atoms with E-state index in [0.717, 1.165) is 6.54 Å². The number of carboxylic acids is 1. The molecule has 0 aliphatic heterocycles. The van der Waals surface area contributed by atoms with Crippen molar-refractivity contribution < 1.29 is 14.6 Å². The lowest BCUT2D eigenvalue weighted by atomic mass is 10.2.